The van der Waals surface area contributed by atoms with E-state index in [0.29, 0.717) is 22.6 Å². The molecule has 0 aliphatic heterocycles. The third-order valence-corrected chi connectivity index (χ3v) is 6.04. The van der Waals surface area contributed by atoms with Crippen LogP contribution in [0.2, 0.25) is 0 Å². The number of anilines is 1. The molecule has 1 aromatic heterocycles. The molecule has 0 aliphatic rings. The first-order valence-electron chi connectivity index (χ1n) is 10.2. The molecule has 3 rings (SSSR count). The van der Waals surface area contributed by atoms with Crippen LogP contribution in [0.3, 0.4) is 0 Å². The largest absolute Gasteiger partial charge is 0.325 e. The Morgan fingerprint density at radius 1 is 1.10 bits per heavy atom. The molecule has 0 unspecified atom stereocenters. The number of hydrogen-bond acceptors (Lipinski definition) is 4. The van der Waals surface area contributed by atoms with Crippen LogP contribution in [0, 0.1) is 26.7 Å². The number of aryl methyl sites for hydroxylation is 3. The predicted octanol–water partition coefficient (Wildman–Crippen LogP) is 5.10. The molecule has 5 nitrogen and oxygen atoms in total. The molecule has 1 amide bonds. The second-order valence-corrected chi connectivity index (χ2v) is 9.55. The van der Waals surface area contributed by atoms with E-state index in [4.69, 9.17) is 4.98 Å². The Balaban J connectivity index is 1.91. The van der Waals surface area contributed by atoms with E-state index in [1.165, 1.54) is 17.3 Å². The minimum absolute atomic E-state index is 0.0605. The van der Waals surface area contributed by atoms with Crippen molar-refractivity contribution in [3.63, 3.8) is 0 Å². The molecule has 0 fully saturated rings. The zero-order valence-corrected chi connectivity index (χ0v) is 19.3. The number of carbonyl (C=O) groups is 1. The van der Waals surface area contributed by atoms with Crippen molar-refractivity contribution in [1.29, 1.82) is 0 Å². The van der Waals surface area contributed by atoms with Gasteiger partial charge in [0.2, 0.25) is 5.91 Å². The normalized spacial score (nSPS) is 12.4. The SMILES string of the molecule is Cc1cc(C)c(NC(=O)[C@H](C)Sc2nc3ccccc3c(=O)n2CC(C)C)c(C)c1. The van der Waals surface area contributed by atoms with Gasteiger partial charge < -0.3 is 5.32 Å². The Morgan fingerprint density at radius 3 is 2.37 bits per heavy atom. The van der Waals surface area contributed by atoms with Gasteiger partial charge in [-0.15, -0.1) is 0 Å². The van der Waals surface area contributed by atoms with Gasteiger partial charge in [0.15, 0.2) is 5.16 Å². The van der Waals surface area contributed by atoms with E-state index in [2.05, 4.69) is 31.3 Å². The van der Waals surface area contributed by atoms with E-state index in [9.17, 15) is 9.59 Å². The van der Waals surface area contributed by atoms with Crippen molar-refractivity contribution < 1.29 is 4.79 Å². The molecule has 158 valence electrons. The number of hydrogen-bond donors (Lipinski definition) is 1. The van der Waals surface area contributed by atoms with Crippen LogP contribution >= 0.6 is 11.8 Å². The summed E-state index contributed by atoms with van der Waals surface area (Å²) in [6.45, 7) is 12.6. The average molecular weight is 424 g/mol. The maximum atomic E-state index is 13.1. The molecular weight excluding hydrogens is 394 g/mol. The summed E-state index contributed by atoms with van der Waals surface area (Å²) in [6, 6.07) is 11.5. The molecule has 0 spiro atoms. The van der Waals surface area contributed by atoms with Crippen molar-refractivity contribution in [3.8, 4) is 0 Å². The van der Waals surface area contributed by atoms with Crippen molar-refractivity contribution in [3.05, 3.63) is 63.4 Å². The van der Waals surface area contributed by atoms with Gasteiger partial charge in [-0.05, 0) is 56.9 Å². The molecule has 6 heteroatoms. The van der Waals surface area contributed by atoms with Gasteiger partial charge in [-0.3, -0.25) is 14.2 Å². The quantitative estimate of drug-likeness (QED) is 0.443. The molecule has 30 heavy (non-hydrogen) atoms. The summed E-state index contributed by atoms with van der Waals surface area (Å²) in [7, 11) is 0. The van der Waals surface area contributed by atoms with Gasteiger partial charge in [0.05, 0.1) is 16.2 Å². The third kappa shape index (κ3) is 4.75. The van der Waals surface area contributed by atoms with E-state index in [1.54, 1.807) is 10.6 Å². The zero-order valence-electron chi connectivity index (χ0n) is 18.4. The lowest BCUT2D eigenvalue weighted by atomic mass is 10.1. The van der Waals surface area contributed by atoms with Crippen LogP contribution in [0.15, 0.2) is 46.3 Å². The minimum atomic E-state index is -0.406. The van der Waals surface area contributed by atoms with Crippen LogP contribution in [0.1, 0.15) is 37.5 Å². The van der Waals surface area contributed by atoms with E-state index in [0.717, 1.165) is 16.8 Å². The molecule has 1 heterocycles. The van der Waals surface area contributed by atoms with Crippen LogP contribution < -0.4 is 10.9 Å². The highest BCUT2D eigenvalue weighted by atomic mass is 32.2. The Kier molecular flexibility index (Phi) is 6.66. The molecule has 2 aromatic carbocycles. The molecule has 0 saturated carbocycles. The lowest BCUT2D eigenvalue weighted by Crippen LogP contribution is -2.28. The first-order valence-corrected chi connectivity index (χ1v) is 11.1. The number of nitrogens with one attached hydrogen (secondary N) is 1. The standard InChI is InChI=1S/C24H29N3O2S/c1-14(2)13-27-23(29)19-9-7-8-10-20(19)25-24(27)30-18(6)22(28)26-21-16(4)11-15(3)12-17(21)5/h7-12,14,18H,13H2,1-6H3,(H,26,28)/t18-/m0/s1. The van der Waals surface area contributed by atoms with Crippen molar-refractivity contribution >= 4 is 34.3 Å². The monoisotopic (exact) mass is 423 g/mol. The number of rotatable bonds is 6. The highest BCUT2D eigenvalue weighted by molar-refractivity contribution is 8.00. The number of benzene rings is 2. The molecule has 1 N–H and O–H groups in total. The number of fused-ring (bicyclic) bond motifs is 1. The second-order valence-electron chi connectivity index (χ2n) is 8.24. The summed E-state index contributed by atoms with van der Waals surface area (Å²) in [5.41, 5.74) is 4.70. The Bertz CT molecular complexity index is 1130. The third-order valence-electron chi connectivity index (χ3n) is 4.95. The van der Waals surface area contributed by atoms with Crippen LogP contribution in [-0.4, -0.2) is 20.7 Å². The van der Waals surface area contributed by atoms with Crippen LogP contribution in [0.4, 0.5) is 5.69 Å². The number of aromatic nitrogens is 2. The molecule has 0 bridgehead atoms. The fourth-order valence-corrected chi connectivity index (χ4v) is 4.50. The smallest absolute Gasteiger partial charge is 0.262 e. The van der Waals surface area contributed by atoms with Crippen molar-refractivity contribution in [2.24, 2.45) is 5.92 Å². The highest BCUT2D eigenvalue weighted by Crippen LogP contribution is 2.26. The summed E-state index contributed by atoms with van der Waals surface area (Å²) < 4.78 is 1.70. The van der Waals surface area contributed by atoms with Crippen molar-refractivity contribution in [1.82, 2.24) is 9.55 Å². The number of amides is 1. The maximum absolute atomic E-state index is 13.1. The Hall–Kier alpha value is -2.60. The van der Waals surface area contributed by atoms with Gasteiger partial charge in [0.25, 0.3) is 5.56 Å². The number of thioether (sulfide) groups is 1. The minimum Gasteiger partial charge on any atom is -0.325 e. The average Bonchev–Trinajstić information content (AvgIpc) is 2.67. The second kappa shape index (κ2) is 9.04. The molecule has 0 aliphatic carbocycles. The molecule has 3 aromatic rings. The predicted molar refractivity (Wildman–Crippen MR) is 125 cm³/mol. The number of carbonyl (C=O) groups excluding carboxylic acids is 1. The first kappa shape index (κ1) is 22.1. The van der Waals surface area contributed by atoms with Gasteiger partial charge in [-0.25, -0.2) is 4.98 Å². The van der Waals surface area contributed by atoms with Gasteiger partial charge in [-0.2, -0.15) is 0 Å². The molecule has 1 atom stereocenters. The van der Waals surface area contributed by atoms with Gasteiger partial charge in [0.1, 0.15) is 0 Å². The van der Waals surface area contributed by atoms with E-state index >= 15 is 0 Å². The summed E-state index contributed by atoms with van der Waals surface area (Å²) in [4.78, 5) is 30.7. The summed E-state index contributed by atoms with van der Waals surface area (Å²) in [5.74, 6) is 0.181. The zero-order chi connectivity index (χ0) is 22.0. The first-order chi connectivity index (χ1) is 14.2. The fourth-order valence-electron chi connectivity index (χ4n) is 3.58. The van der Waals surface area contributed by atoms with Gasteiger partial charge in [-0.1, -0.05) is 55.4 Å². The highest BCUT2D eigenvalue weighted by Gasteiger charge is 2.21. The van der Waals surface area contributed by atoms with E-state index in [-0.39, 0.29) is 17.4 Å². The summed E-state index contributed by atoms with van der Waals surface area (Å²) in [6.07, 6.45) is 0. The molecule has 0 saturated heterocycles. The van der Waals surface area contributed by atoms with Crippen LogP contribution in [-0.2, 0) is 11.3 Å². The lowest BCUT2D eigenvalue weighted by molar-refractivity contribution is -0.115. The van der Waals surface area contributed by atoms with Crippen molar-refractivity contribution in [2.75, 3.05) is 5.32 Å². The molecule has 0 radical (unpaired) electrons. The van der Waals surface area contributed by atoms with Crippen LogP contribution in [0.25, 0.3) is 10.9 Å². The van der Waals surface area contributed by atoms with E-state index < -0.39 is 5.25 Å². The topological polar surface area (TPSA) is 64.0 Å². The van der Waals surface area contributed by atoms with Crippen LogP contribution in [0.5, 0.6) is 0 Å². The molecular formula is C24H29N3O2S. The van der Waals surface area contributed by atoms with E-state index in [1.807, 2.05) is 45.9 Å². The van der Waals surface area contributed by atoms with Gasteiger partial charge >= 0.3 is 0 Å². The number of nitrogens with zero attached hydrogens (tertiary/aromatic N) is 2. The lowest BCUT2D eigenvalue weighted by Gasteiger charge is -2.19. The fraction of sp³-hybridized carbons (Fsp3) is 0.375. The Labute approximate surface area is 181 Å². The summed E-state index contributed by atoms with van der Waals surface area (Å²) in [5, 5.41) is 3.84. The Morgan fingerprint density at radius 2 is 1.73 bits per heavy atom. The maximum Gasteiger partial charge on any atom is 0.262 e. The van der Waals surface area contributed by atoms with Crippen molar-refractivity contribution in [2.45, 2.75) is 58.5 Å². The summed E-state index contributed by atoms with van der Waals surface area (Å²) >= 11 is 1.32. The number of para-hydroxylation sites is 1. The van der Waals surface area contributed by atoms with Gasteiger partial charge in [0, 0.05) is 12.2 Å².